The Hall–Kier alpha value is -2.36. The number of nitriles is 1. The van der Waals surface area contributed by atoms with Crippen LogP contribution < -0.4 is 16.2 Å². The Morgan fingerprint density at radius 2 is 2.25 bits per heavy atom. The molecular formula is C13H20N6O. The summed E-state index contributed by atoms with van der Waals surface area (Å²) in [6.07, 6.45) is 4.61. The van der Waals surface area contributed by atoms with E-state index >= 15 is 0 Å². The fraction of sp³-hybridized carbons (Fsp3) is 0.538. The van der Waals surface area contributed by atoms with Crippen molar-refractivity contribution in [1.29, 1.82) is 5.26 Å². The van der Waals surface area contributed by atoms with Gasteiger partial charge < -0.3 is 5.32 Å². The molecule has 0 aliphatic carbocycles. The molecule has 7 nitrogen and oxygen atoms in total. The fourth-order valence-electron chi connectivity index (χ4n) is 1.71. The van der Waals surface area contributed by atoms with E-state index in [0.717, 1.165) is 31.5 Å². The van der Waals surface area contributed by atoms with Crippen LogP contribution in [0.25, 0.3) is 0 Å². The van der Waals surface area contributed by atoms with Gasteiger partial charge in [-0.25, -0.2) is 4.68 Å². The Kier molecular flexibility index (Phi) is 6.82. The number of aryl methyl sites for hydroxylation is 2. The van der Waals surface area contributed by atoms with Crippen molar-refractivity contribution in [1.82, 2.24) is 20.4 Å². The van der Waals surface area contributed by atoms with E-state index < -0.39 is 0 Å². The van der Waals surface area contributed by atoms with E-state index in [1.54, 1.807) is 19.2 Å². The summed E-state index contributed by atoms with van der Waals surface area (Å²) in [4.78, 5) is 15.4. The van der Waals surface area contributed by atoms with Crippen molar-refractivity contribution >= 4 is 5.96 Å². The van der Waals surface area contributed by atoms with Gasteiger partial charge in [0.25, 0.3) is 5.56 Å². The first kappa shape index (κ1) is 15.7. The zero-order valence-corrected chi connectivity index (χ0v) is 11.9. The summed E-state index contributed by atoms with van der Waals surface area (Å²) in [6, 6.07) is 3.26. The Bertz CT molecular complexity index is 543. The molecule has 0 fully saturated rings. The van der Waals surface area contributed by atoms with Crippen LogP contribution in [-0.2, 0) is 6.54 Å². The molecule has 20 heavy (non-hydrogen) atoms. The minimum atomic E-state index is -0.0626. The maximum Gasteiger partial charge on any atom is 0.266 e. The lowest BCUT2D eigenvalue weighted by molar-refractivity contribution is 0.515. The zero-order chi connectivity index (χ0) is 14.8. The summed E-state index contributed by atoms with van der Waals surface area (Å²) in [7, 11) is 1.61. The van der Waals surface area contributed by atoms with Crippen molar-refractivity contribution in [3.05, 3.63) is 28.2 Å². The second-order valence-electron chi connectivity index (χ2n) is 4.33. The summed E-state index contributed by atoms with van der Waals surface area (Å²) in [5, 5.41) is 18.1. The molecule has 0 aliphatic rings. The number of unbranched alkanes of at least 4 members (excludes halogenated alkanes) is 2. The van der Waals surface area contributed by atoms with Crippen LogP contribution in [0.2, 0.25) is 0 Å². The van der Waals surface area contributed by atoms with Crippen molar-refractivity contribution in [2.24, 2.45) is 4.99 Å². The Morgan fingerprint density at radius 1 is 1.45 bits per heavy atom. The lowest BCUT2D eigenvalue weighted by Crippen LogP contribution is -2.34. The summed E-state index contributed by atoms with van der Waals surface area (Å²) < 4.78 is 1.50. The number of hydrogen-bond donors (Lipinski definition) is 2. The van der Waals surface area contributed by atoms with Crippen molar-refractivity contribution in [3.8, 4) is 6.19 Å². The molecule has 1 rings (SSSR count). The molecule has 0 unspecified atom stereocenters. The quantitative estimate of drug-likeness (QED) is 0.257. The first-order chi connectivity index (χ1) is 9.67. The predicted molar refractivity (Wildman–Crippen MR) is 77.2 cm³/mol. The van der Waals surface area contributed by atoms with E-state index in [1.807, 2.05) is 13.1 Å². The van der Waals surface area contributed by atoms with E-state index in [0.29, 0.717) is 12.5 Å². The molecule has 0 aliphatic heterocycles. The second kappa shape index (κ2) is 8.69. The largest absolute Gasteiger partial charge is 0.356 e. The van der Waals surface area contributed by atoms with Crippen molar-refractivity contribution < 1.29 is 0 Å². The maximum absolute atomic E-state index is 11.5. The molecule has 0 aromatic carbocycles. The van der Waals surface area contributed by atoms with Gasteiger partial charge in [0, 0.05) is 26.2 Å². The van der Waals surface area contributed by atoms with Gasteiger partial charge in [-0.3, -0.25) is 15.1 Å². The number of rotatable bonds is 6. The van der Waals surface area contributed by atoms with Crippen LogP contribution in [0.5, 0.6) is 0 Å². The Balaban J connectivity index is 2.21. The smallest absolute Gasteiger partial charge is 0.266 e. The van der Waals surface area contributed by atoms with Gasteiger partial charge in [0.05, 0.1) is 5.69 Å². The van der Waals surface area contributed by atoms with Crippen molar-refractivity contribution in [3.63, 3.8) is 0 Å². The van der Waals surface area contributed by atoms with Crippen LogP contribution in [0, 0.1) is 18.4 Å². The summed E-state index contributed by atoms with van der Waals surface area (Å²) in [5.41, 5.74) is 0.782. The monoisotopic (exact) mass is 276 g/mol. The van der Waals surface area contributed by atoms with E-state index in [4.69, 9.17) is 5.26 Å². The van der Waals surface area contributed by atoms with E-state index in [1.165, 1.54) is 4.68 Å². The minimum absolute atomic E-state index is 0.0626. The summed E-state index contributed by atoms with van der Waals surface area (Å²) >= 11 is 0. The Labute approximate surface area is 118 Å². The zero-order valence-electron chi connectivity index (χ0n) is 11.9. The van der Waals surface area contributed by atoms with Gasteiger partial charge in [0.15, 0.2) is 6.19 Å². The standard InChI is InChI=1S/C13H20N6O/c1-11-6-7-12(20)19(18-11)9-5-3-4-8-16-13(15-2)17-10-14/h6-7H,3-5,8-9H2,1-2H3,(H2,15,16,17). The van der Waals surface area contributed by atoms with Crippen molar-refractivity contribution in [2.75, 3.05) is 13.6 Å². The van der Waals surface area contributed by atoms with Crippen LogP contribution in [-0.4, -0.2) is 29.3 Å². The highest BCUT2D eigenvalue weighted by atomic mass is 16.1. The first-order valence-electron chi connectivity index (χ1n) is 6.58. The van der Waals surface area contributed by atoms with Crippen molar-refractivity contribution in [2.45, 2.75) is 32.7 Å². The molecule has 1 aromatic rings. The van der Waals surface area contributed by atoms with Crippen LogP contribution in [0.15, 0.2) is 21.9 Å². The molecule has 0 spiro atoms. The molecule has 7 heteroatoms. The van der Waals surface area contributed by atoms with Crippen LogP contribution in [0.4, 0.5) is 0 Å². The average Bonchev–Trinajstić information content (AvgIpc) is 2.44. The number of aliphatic imine (C=N–C) groups is 1. The lowest BCUT2D eigenvalue weighted by atomic mass is 10.2. The van der Waals surface area contributed by atoms with E-state index in [9.17, 15) is 4.79 Å². The van der Waals surface area contributed by atoms with Gasteiger partial charge in [0.2, 0.25) is 5.96 Å². The molecule has 0 saturated heterocycles. The van der Waals surface area contributed by atoms with Gasteiger partial charge in [-0.1, -0.05) is 0 Å². The molecule has 2 N–H and O–H groups in total. The Morgan fingerprint density at radius 3 is 2.95 bits per heavy atom. The average molecular weight is 276 g/mol. The van der Waals surface area contributed by atoms with E-state index in [-0.39, 0.29) is 5.56 Å². The van der Waals surface area contributed by atoms with Crippen LogP contribution >= 0.6 is 0 Å². The molecule has 1 aromatic heterocycles. The molecule has 0 saturated carbocycles. The predicted octanol–water partition coefficient (Wildman–Crippen LogP) is 0.368. The molecule has 0 bridgehead atoms. The molecule has 108 valence electrons. The van der Waals surface area contributed by atoms with Crippen LogP contribution in [0.3, 0.4) is 0 Å². The van der Waals surface area contributed by atoms with Gasteiger partial charge >= 0.3 is 0 Å². The van der Waals surface area contributed by atoms with Gasteiger partial charge in [-0.15, -0.1) is 0 Å². The number of guanidine groups is 1. The van der Waals surface area contributed by atoms with Gasteiger partial charge in [-0.2, -0.15) is 10.4 Å². The molecule has 0 radical (unpaired) electrons. The molecule has 0 atom stereocenters. The molecular weight excluding hydrogens is 256 g/mol. The van der Waals surface area contributed by atoms with Crippen LogP contribution in [0.1, 0.15) is 25.0 Å². The third-order valence-electron chi connectivity index (χ3n) is 2.74. The second-order valence-corrected chi connectivity index (χ2v) is 4.33. The van der Waals surface area contributed by atoms with Gasteiger partial charge in [-0.05, 0) is 32.3 Å². The SMILES string of the molecule is CN=C(NC#N)NCCCCCn1nc(C)ccc1=O. The third kappa shape index (κ3) is 5.52. The highest BCUT2D eigenvalue weighted by Crippen LogP contribution is 1.96. The lowest BCUT2D eigenvalue weighted by Gasteiger charge is -2.07. The molecule has 0 amide bonds. The highest BCUT2D eigenvalue weighted by Gasteiger charge is 1.98. The summed E-state index contributed by atoms with van der Waals surface area (Å²) in [6.45, 7) is 3.23. The van der Waals surface area contributed by atoms with Gasteiger partial charge in [0.1, 0.15) is 0 Å². The minimum Gasteiger partial charge on any atom is -0.356 e. The number of aromatic nitrogens is 2. The highest BCUT2D eigenvalue weighted by molar-refractivity contribution is 5.80. The maximum atomic E-state index is 11.5. The third-order valence-corrected chi connectivity index (χ3v) is 2.74. The topological polar surface area (TPSA) is 95.1 Å². The number of nitrogens with zero attached hydrogens (tertiary/aromatic N) is 4. The normalized spacial score (nSPS) is 10.9. The first-order valence-corrected chi connectivity index (χ1v) is 6.58. The fourth-order valence-corrected chi connectivity index (χ4v) is 1.71. The summed E-state index contributed by atoms with van der Waals surface area (Å²) in [5.74, 6) is 0.476. The van der Waals surface area contributed by atoms with E-state index in [2.05, 4.69) is 20.7 Å². The number of hydrogen-bond acceptors (Lipinski definition) is 4. The number of nitrogens with one attached hydrogen (secondary N) is 2. The molecule has 1 heterocycles.